The summed E-state index contributed by atoms with van der Waals surface area (Å²) in [6, 6.07) is 4.63. The second kappa shape index (κ2) is 7.41. The molecule has 0 bridgehead atoms. The van der Waals surface area contributed by atoms with Gasteiger partial charge in [0, 0.05) is 11.7 Å². The molecule has 0 aromatic heterocycles. The molecule has 5 heteroatoms. The Morgan fingerprint density at radius 2 is 2.00 bits per heavy atom. The van der Waals surface area contributed by atoms with E-state index >= 15 is 0 Å². The van der Waals surface area contributed by atoms with Crippen molar-refractivity contribution in [1.82, 2.24) is 4.90 Å². The zero-order chi connectivity index (χ0) is 15.2. The first-order valence-corrected chi connectivity index (χ1v) is 7.61. The van der Waals surface area contributed by atoms with E-state index in [1.54, 1.807) is 0 Å². The number of carbonyl (C=O) groups is 1. The Bertz CT molecular complexity index is 484. The molecule has 1 aliphatic carbocycles. The predicted molar refractivity (Wildman–Crippen MR) is 83.6 cm³/mol. The molecule has 1 fully saturated rings. The first kappa shape index (κ1) is 15.8. The Balaban J connectivity index is 1.89. The lowest BCUT2D eigenvalue weighted by Gasteiger charge is -2.26. The van der Waals surface area contributed by atoms with Gasteiger partial charge in [0.15, 0.2) is 0 Å². The number of rotatable bonds is 4. The molecule has 1 aliphatic rings. The van der Waals surface area contributed by atoms with Crippen LogP contribution in [0.15, 0.2) is 18.2 Å². The van der Waals surface area contributed by atoms with Crippen molar-refractivity contribution in [2.45, 2.75) is 44.6 Å². The largest absolute Gasteiger partial charge is 0.399 e. The molecule has 1 aromatic rings. The topological polar surface area (TPSA) is 58.4 Å². The summed E-state index contributed by atoms with van der Waals surface area (Å²) in [6.45, 7) is 0.277. The van der Waals surface area contributed by atoms with E-state index in [1.165, 1.54) is 43.9 Å². The van der Waals surface area contributed by atoms with E-state index < -0.39 is 5.82 Å². The molecule has 1 saturated carbocycles. The molecule has 21 heavy (non-hydrogen) atoms. The van der Waals surface area contributed by atoms with Gasteiger partial charge in [0.25, 0.3) is 0 Å². The highest BCUT2D eigenvalue weighted by Gasteiger charge is 2.19. The average molecular weight is 293 g/mol. The Morgan fingerprint density at radius 1 is 1.33 bits per heavy atom. The van der Waals surface area contributed by atoms with Crippen LogP contribution in [0.2, 0.25) is 0 Å². The number of benzene rings is 1. The third-order valence-corrected chi connectivity index (χ3v) is 4.11. The summed E-state index contributed by atoms with van der Waals surface area (Å²) < 4.78 is 13.6. The number of carbonyl (C=O) groups excluding carboxylic acids is 1. The number of nitrogens with two attached hydrogens (primary N) is 1. The van der Waals surface area contributed by atoms with Crippen molar-refractivity contribution in [3.8, 4) is 0 Å². The van der Waals surface area contributed by atoms with Gasteiger partial charge in [0.05, 0.1) is 12.2 Å². The Labute approximate surface area is 125 Å². The van der Waals surface area contributed by atoms with Gasteiger partial charge >= 0.3 is 0 Å². The monoisotopic (exact) mass is 293 g/mol. The van der Waals surface area contributed by atoms with Crippen LogP contribution in [0.25, 0.3) is 0 Å². The molecule has 0 unspecified atom stereocenters. The molecule has 0 radical (unpaired) electrons. The number of hydrogen-bond acceptors (Lipinski definition) is 3. The average Bonchev–Trinajstić information content (AvgIpc) is 2.72. The summed E-state index contributed by atoms with van der Waals surface area (Å²) in [6.07, 6.45) is 7.28. The standard InChI is InChI=1S/C16H24FN3O/c1-20(13-6-4-2-3-5-7-13)11-16(21)19-15-10-12(18)8-9-14(15)17/h8-10,13H,2-7,11,18H2,1H3,(H,19,21). The van der Waals surface area contributed by atoms with Crippen molar-refractivity contribution >= 4 is 17.3 Å². The van der Waals surface area contributed by atoms with Gasteiger partial charge in [0.2, 0.25) is 5.91 Å². The van der Waals surface area contributed by atoms with E-state index in [4.69, 9.17) is 5.73 Å². The van der Waals surface area contributed by atoms with E-state index in [0.29, 0.717) is 11.7 Å². The SMILES string of the molecule is CN(CC(=O)Nc1cc(N)ccc1F)C1CCCCCC1. The molecule has 0 aliphatic heterocycles. The van der Waals surface area contributed by atoms with E-state index in [9.17, 15) is 9.18 Å². The van der Waals surface area contributed by atoms with E-state index in [1.807, 2.05) is 7.05 Å². The summed E-state index contributed by atoms with van der Waals surface area (Å²) in [5.41, 5.74) is 6.19. The van der Waals surface area contributed by atoms with Crippen molar-refractivity contribution in [2.24, 2.45) is 0 Å². The highest BCUT2D eigenvalue weighted by Crippen LogP contribution is 2.21. The quantitative estimate of drug-likeness (QED) is 0.663. The van der Waals surface area contributed by atoms with Crippen LogP contribution in [0.4, 0.5) is 15.8 Å². The first-order valence-electron chi connectivity index (χ1n) is 7.61. The summed E-state index contributed by atoms with van der Waals surface area (Å²) in [7, 11) is 1.96. The number of nitrogen functional groups attached to an aromatic ring is 1. The van der Waals surface area contributed by atoms with Gasteiger partial charge in [-0.1, -0.05) is 25.7 Å². The molecule has 2 rings (SSSR count). The van der Waals surface area contributed by atoms with Gasteiger partial charge in [0.1, 0.15) is 5.82 Å². The van der Waals surface area contributed by atoms with Crippen molar-refractivity contribution in [3.63, 3.8) is 0 Å². The van der Waals surface area contributed by atoms with Gasteiger partial charge in [-0.15, -0.1) is 0 Å². The van der Waals surface area contributed by atoms with Crippen LogP contribution >= 0.6 is 0 Å². The number of amides is 1. The first-order chi connectivity index (χ1) is 10.1. The number of likely N-dealkylation sites (N-methyl/N-ethyl adjacent to an activating group) is 1. The molecule has 0 saturated heterocycles. The Hall–Kier alpha value is -1.62. The molecule has 116 valence electrons. The molecule has 0 spiro atoms. The summed E-state index contributed by atoms with van der Waals surface area (Å²) in [4.78, 5) is 14.1. The highest BCUT2D eigenvalue weighted by atomic mass is 19.1. The number of halogens is 1. The van der Waals surface area contributed by atoms with Crippen LogP contribution in [0, 0.1) is 5.82 Å². The number of anilines is 2. The zero-order valence-electron chi connectivity index (χ0n) is 12.6. The highest BCUT2D eigenvalue weighted by molar-refractivity contribution is 5.92. The van der Waals surface area contributed by atoms with Gasteiger partial charge in [-0.25, -0.2) is 4.39 Å². The molecular formula is C16H24FN3O. The van der Waals surface area contributed by atoms with Crippen LogP contribution in [0.3, 0.4) is 0 Å². The Morgan fingerprint density at radius 3 is 2.67 bits per heavy atom. The maximum absolute atomic E-state index is 13.6. The molecular weight excluding hydrogens is 269 g/mol. The molecule has 1 amide bonds. The summed E-state index contributed by atoms with van der Waals surface area (Å²) >= 11 is 0. The minimum Gasteiger partial charge on any atom is -0.399 e. The summed E-state index contributed by atoms with van der Waals surface area (Å²) in [5.74, 6) is -0.666. The lowest BCUT2D eigenvalue weighted by molar-refractivity contribution is -0.117. The van der Waals surface area contributed by atoms with Crippen LogP contribution in [-0.4, -0.2) is 30.4 Å². The lowest BCUT2D eigenvalue weighted by Crippen LogP contribution is -2.37. The van der Waals surface area contributed by atoms with E-state index in [-0.39, 0.29) is 18.1 Å². The minimum absolute atomic E-state index is 0.147. The summed E-state index contributed by atoms with van der Waals surface area (Å²) in [5, 5.41) is 2.60. The van der Waals surface area contributed by atoms with Crippen molar-refractivity contribution < 1.29 is 9.18 Å². The van der Waals surface area contributed by atoms with E-state index in [0.717, 1.165) is 12.8 Å². The van der Waals surface area contributed by atoms with Gasteiger partial charge in [-0.05, 0) is 38.1 Å². The zero-order valence-corrected chi connectivity index (χ0v) is 12.6. The van der Waals surface area contributed by atoms with E-state index in [2.05, 4.69) is 10.2 Å². The lowest BCUT2D eigenvalue weighted by atomic mass is 10.1. The van der Waals surface area contributed by atoms with Crippen molar-refractivity contribution in [1.29, 1.82) is 0 Å². The number of nitrogens with zero attached hydrogens (tertiary/aromatic N) is 1. The number of hydrogen-bond donors (Lipinski definition) is 2. The number of nitrogens with one attached hydrogen (secondary N) is 1. The van der Waals surface area contributed by atoms with Crippen LogP contribution < -0.4 is 11.1 Å². The normalized spacial score (nSPS) is 16.7. The molecule has 0 heterocycles. The van der Waals surface area contributed by atoms with Crippen LogP contribution in [0.5, 0.6) is 0 Å². The molecule has 3 N–H and O–H groups in total. The van der Waals surface area contributed by atoms with Gasteiger partial charge in [-0.3, -0.25) is 9.69 Å². The fourth-order valence-electron chi connectivity index (χ4n) is 2.88. The maximum atomic E-state index is 13.6. The molecule has 1 aromatic carbocycles. The van der Waals surface area contributed by atoms with Gasteiger partial charge < -0.3 is 11.1 Å². The third-order valence-electron chi connectivity index (χ3n) is 4.11. The fraction of sp³-hybridized carbons (Fsp3) is 0.562. The van der Waals surface area contributed by atoms with Crippen LogP contribution in [0.1, 0.15) is 38.5 Å². The van der Waals surface area contributed by atoms with Crippen molar-refractivity contribution in [2.75, 3.05) is 24.6 Å². The van der Waals surface area contributed by atoms with Gasteiger partial charge in [-0.2, -0.15) is 0 Å². The molecule has 4 nitrogen and oxygen atoms in total. The van der Waals surface area contributed by atoms with Crippen molar-refractivity contribution in [3.05, 3.63) is 24.0 Å². The second-order valence-electron chi connectivity index (χ2n) is 5.85. The predicted octanol–water partition coefficient (Wildman–Crippen LogP) is 3.00. The third kappa shape index (κ3) is 4.70. The van der Waals surface area contributed by atoms with Crippen LogP contribution in [-0.2, 0) is 4.79 Å². The minimum atomic E-state index is -0.463. The fourth-order valence-corrected chi connectivity index (χ4v) is 2.88. The smallest absolute Gasteiger partial charge is 0.238 e. The maximum Gasteiger partial charge on any atom is 0.238 e. The Kier molecular flexibility index (Phi) is 5.56. The second-order valence-corrected chi connectivity index (χ2v) is 5.85. The molecule has 0 atom stereocenters.